The molecule has 0 aliphatic rings. The molecule has 162 valence electrons. The highest BCUT2D eigenvalue weighted by Gasteiger charge is 2.12. The van der Waals surface area contributed by atoms with Gasteiger partial charge in [-0.3, -0.25) is 0 Å². The zero-order valence-corrected chi connectivity index (χ0v) is 23.1. The summed E-state index contributed by atoms with van der Waals surface area (Å²) in [6.45, 7) is 6.85. The van der Waals surface area contributed by atoms with Crippen molar-refractivity contribution < 1.29 is 0 Å². The Labute approximate surface area is 219 Å². The maximum Gasteiger partial charge on any atom is 0.0171 e. The van der Waals surface area contributed by atoms with Crippen LogP contribution in [0.15, 0.2) is 91.0 Å². The van der Waals surface area contributed by atoms with E-state index in [0.717, 1.165) is 6.42 Å². The smallest absolute Gasteiger partial charge is 0.0171 e. The normalized spacial score (nSPS) is 12.2. The predicted molar refractivity (Wildman–Crippen MR) is 155 cm³/mol. The van der Waals surface area contributed by atoms with Gasteiger partial charge in [0.25, 0.3) is 0 Å². The first kappa shape index (κ1) is 23.5. The van der Waals surface area contributed by atoms with Crippen molar-refractivity contribution in [2.24, 2.45) is 0 Å². The van der Waals surface area contributed by atoms with Gasteiger partial charge in [-0.1, -0.05) is 93.6 Å². The van der Waals surface area contributed by atoms with Crippen LogP contribution >= 0.6 is 45.2 Å². The second kappa shape index (κ2) is 10.5. The lowest BCUT2D eigenvalue weighted by atomic mass is 9.90. The minimum absolute atomic E-state index is 0.450. The van der Waals surface area contributed by atoms with Crippen LogP contribution < -0.4 is 0 Å². The quantitative estimate of drug-likeness (QED) is 0.184. The van der Waals surface area contributed by atoms with Gasteiger partial charge in [-0.2, -0.15) is 0 Å². The standard InChI is InChI=1S/C30H28I2/c1-20(2)29-13-12-25(19-30(29)32)24-11-7-8-22(15-24)14-21(3)26-16-27(18-28(31)17-26)23-9-5-4-6-10-23/h4-13,15-21H,14H2,1-3H3. The lowest BCUT2D eigenvalue weighted by Gasteiger charge is -2.16. The average molecular weight is 642 g/mol. The van der Waals surface area contributed by atoms with Crippen molar-refractivity contribution >= 4 is 45.2 Å². The summed E-state index contributed by atoms with van der Waals surface area (Å²) in [5, 5.41) is 0. The maximum absolute atomic E-state index is 2.47. The number of hydrogen-bond acceptors (Lipinski definition) is 0. The summed E-state index contributed by atoms with van der Waals surface area (Å²) in [5.74, 6) is 1.00. The van der Waals surface area contributed by atoms with Crippen LogP contribution in [0, 0.1) is 7.14 Å². The van der Waals surface area contributed by atoms with E-state index < -0.39 is 0 Å². The van der Waals surface area contributed by atoms with Gasteiger partial charge in [0.2, 0.25) is 0 Å². The Morgan fingerprint density at radius 3 is 2.06 bits per heavy atom. The molecule has 0 saturated heterocycles. The summed E-state index contributed by atoms with van der Waals surface area (Å²) in [7, 11) is 0. The van der Waals surface area contributed by atoms with Gasteiger partial charge in [0, 0.05) is 7.14 Å². The molecule has 0 aromatic heterocycles. The first-order valence-electron chi connectivity index (χ1n) is 11.2. The van der Waals surface area contributed by atoms with Crippen molar-refractivity contribution in [2.45, 2.75) is 39.0 Å². The first-order valence-corrected chi connectivity index (χ1v) is 13.3. The molecule has 0 fully saturated rings. The van der Waals surface area contributed by atoms with Crippen LogP contribution in [0.1, 0.15) is 49.3 Å². The van der Waals surface area contributed by atoms with Crippen molar-refractivity contribution in [3.63, 3.8) is 0 Å². The fourth-order valence-corrected chi connectivity index (χ4v) is 6.05. The Kier molecular flexibility index (Phi) is 7.72. The summed E-state index contributed by atoms with van der Waals surface area (Å²) < 4.78 is 2.64. The fourth-order valence-electron chi connectivity index (χ4n) is 4.22. The summed E-state index contributed by atoms with van der Waals surface area (Å²) in [6.07, 6.45) is 1.03. The Hall–Kier alpha value is -1.66. The molecule has 4 aromatic rings. The van der Waals surface area contributed by atoms with E-state index in [2.05, 4.69) is 157 Å². The highest BCUT2D eigenvalue weighted by molar-refractivity contribution is 14.1. The van der Waals surface area contributed by atoms with Gasteiger partial charge in [-0.15, -0.1) is 0 Å². The van der Waals surface area contributed by atoms with Gasteiger partial charge in [0.05, 0.1) is 0 Å². The van der Waals surface area contributed by atoms with Crippen molar-refractivity contribution in [1.82, 2.24) is 0 Å². The van der Waals surface area contributed by atoms with Crippen LogP contribution in [0.3, 0.4) is 0 Å². The van der Waals surface area contributed by atoms with E-state index in [1.54, 1.807) is 0 Å². The third kappa shape index (κ3) is 5.63. The zero-order chi connectivity index (χ0) is 22.7. The van der Waals surface area contributed by atoms with Crippen LogP contribution in [-0.2, 0) is 6.42 Å². The highest BCUT2D eigenvalue weighted by atomic mass is 127. The molecule has 1 unspecified atom stereocenters. The molecule has 0 heterocycles. The Morgan fingerprint density at radius 1 is 0.625 bits per heavy atom. The maximum atomic E-state index is 2.47. The van der Waals surface area contributed by atoms with Gasteiger partial charge in [0.15, 0.2) is 0 Å². The van der Waals surface area contributed by atoms with Gasteiger partial charge < -0.3 is 0 Å². The van der Waals surface area contributed by atoms with Crippen molar-refractivity contribution in [3.8, 4) is 22.3 Å². The van der Waals surface area contributed by atoms with Gasteiger partial charge >= 0.3 is 0 Å². The minimum atomic E-state index is 0.450. The van der Waals surface area contributed by atoms with Crippen LogP contribution in [0.4, 0.5) is 0 Å². The van der Waals surface area contributed by atoms with E-state index in [0.29, 0.717) is 11.8 Å². The zero-order valence-electron chi connectivity index (χ0n) is 18.8. The molecule has 0 aliphatic carbocycles. The number of rotatable bonds is 6. The van der Waals surface area contributed by atoms with Crippen LogP contribution in [-0.4, -0.2) is 0 Å². The molecule has 0 bridgehead atoms. The molecule has 1 atom stereocenters. The largest absolute Gasteiger partial charge is 0.0622 e. The van der Waals surface area contributed by atoms with Crippen molar-refractivity contribution in [2.75, 3.05) is 0 Å². The Morgan fingerprint density at radius 2 is 1.34 bits per heavy atom. The molecule has 0 nitrogen and oxygen atoms in total. The topological polar surface area (TPSA) is 0 Å². The van der Waals surface area contributed by atoms with Crippen LogP contribution in [0.2, 0.25) is 0 Å². The minimum Gasteiger partial charge on any atom is -0.0622 e. The number of halogens is 2. The van der Waals surface area contributed by atoms with Crippen molar-refractivity contribution in [1.29, 1.82) is 0 Å². The SMILES string of the molecule is CC(C)c1ccc(-c2cccc(CC(C)c3cc(I)cc(-c4ccccc4)c3)c2)cc1I. The lowest BCUT2D eigenvalue weighted by Crippen LogP contribution is -2.00. The Balaban J connectivity index is 1.58. The fraction of sp³-hybridized carbons (Fsp3) is 0.200. The molecule has 0 radical (unpaired) electrons. The van der Waals surface area contributed by atoms with E-state index in [1.165, 1.54) is 46.1 Å². The molecule has 0 N–H and O–H groups in total. The van der Waals surface area contributed by atoms with Gasteiger partial charge in [0.1, 0.15) is 0 Å². The van der Waals surface area contributed by atoms with Crippen molar-refractivity contribution in [3.05, 3.63) is 115 Å². The van der Waals surface area contributed by atoms with Gasteiger partial charge in [-0.05, 0) is 121 Å². The monoisotopic (exact) mass is 642 g/mol. The molecule has 2 heteroatoms. The molecule has 0 saturated carbocycles. The number of hydrogen-bond donors (Lipinski definition) is 0. The Bertz CT molecular complexity index is 1210. The van der Waals surface area contributed by atoms with E-state index in [9.17, 15) is 0 Å². The molecule has 0 spiro atoms. The lowest BCUT2D eigenvalue weighted by molar-refractivity contribution is 0.759. The molecule has 32 heavy (non-hydrogen) atoms. The second-order valence-corrected chi connectivity index (χ2v) is 11.2. The first-order chi connectivity index (χ1) is 15.4. The highest BCUT2D eigenvalue weighted by Crippen LogP contribution is 2.31. The average Bonchev–Trinajstić information content (AvgIpc) is 2.79. The second-order valence-electron chi connectivity index (χ2n) is 8.84. The van der Waals surface area contributed by atoms with E-state index >= 15 is 0 Å². The molecule has 4 aromatic carbocycles. The summed E-state index contributed by atoms with van der Waals surface area (Å²) in [6, 6.07) is 33.6. The van der Waals surface area contributed by atoms with E-state index in [4.69, 9.17) is 0 Å². The third-order valence-electron chi connectivity index (χ3n) is 6.02. The van der Waals surface area contributed by atoms with E-state index in [-0.39, 0.29) is 0 Å². The van der Waals surface area contributed by atoms with Crippen LogP contribution in [0.5, 0.6) is 0 Å². The molecular formula is C30H28I2. The molecule has 0 aliphatic heterocycles. The summed E-state index contributed by atoms with van der Waals surface area (Å²) in [5.41, 5.74) is 9.39. The molecule has 0 amide bonds. The summed E-state index contributed by atoms with van der Waals surface area (Å²) in [4.78, 5) is 0. The van der Waals surface area contributed by atoms with Gasteiger partial charge in [-0.25, -0.2) is 0 Å². The summed E-state index contributed by atoms with van der Waals surface area (Å²) >= 11 is 4.92. The van der Waals surface area contributed by atoms with E-state index in [1.807, 2.05) is 0 Å². The molecular weight excluding hydrogens is 614 g/mol. The third-order valence-corrected chi connectivity index (χ3v) is 7.58. The predicted octanol–water partition coefficient (Wildman–Crippen LogP) is 9.70. The number of benzene rings is 4. The molecule has 4 rings (SSSR count). The van der Waals surface area contributed by atoms with Crippen LogP contribution in [0.25, 0.3) is 22.3 Å².